The van der Waals surface area contributed by atoms with Crippen molar-refractivity contribution in [2.24, 2.45) is 0 Å². The van der Waals surface area contributed by atoms with Gasteiger partial charge in [-0.2, -0.15) is 0 Å². The molecule has 0 saturated heterocycles. The summed E-state index contributed by atoms with van der Waals surface area (Å²) < 4.78 is 0. The second-order valence-electron chi connectivity index (χ2n) is 3.11. The lowest BCUT2D eigenvalue weighted by Crippen LogP contribution is -1.90. The van der Waals surface area contributed by atoms with Crippen LogP contribution in [0.5, 0.6) is 0 Å². The summed E-state index contributed by atoms with van der Waals surface area (Å²) in [4.78, 5) is 0. The molecule has 98 valence electrons. The van der Waals surface area contributed by atoms with E-state index in [4.69, 9.17) is 5.73 Å². The van der Waals surface area contributed by atoms with E-state index < -0.39 is 0 Å². The van der Waals surface area contributed by atoms with E-state index in [0.29, 0.717) is 0 Å². The normalized spacial score (nSPS) is 8.22. The largest absolute Gasteiger partial charge is 0.399 e. The lowest BCUT2D eigenvalue weighted by atomic mass is 10.2. The number of hydrogen-bond donors (Lipinski definition) is 2. The fraction of sp³-hybridized carbons (Fsp3) is 0.250. The Bertz CT molecular complexity index is 393. The van der Waals surface area contributed by atoms with Crippen LogP contribution in [0.3, 0.4) is 0 Å². The van der Waals surface area contributed by atoms with E-state index in [1.165, 1.54) is 0 Å². The molecule has 2 nitrogen and oxygen atoms in total. The molecule has 0 aliphatic heterocycles. The van der Waals surface area contributed by atoms with Crippen molar-refractivity contribution in [2.75, 3.05) is 11.1 Å². The predicted octanol–water partition coefficient (Wildman–Crippen LogP) is 5.06. The summed E-state index contributed by atoms with van der Waals surface area (Å²) in [5, 5.41) is 3.28. The van der Waals surface area contributed by atoms with Gasteiger partial charge in [0.05, 0.1) is 0 Å². The lowest BCUT2D eigenvalue weighted by molar-refractivity contribution is 1.50. The van der Waals surface area contributed by atoms with Gasteiger partial charge in [0, 0.05) is 17.1 Å². The number of nitrogens with one attached hydrogen (secondary N) is 1. The maximum absolute atomic E-state index is 5.59. The summed E-state index contributed by atoms with van der Waals surface area (Å²) in [6.07, 6.45) is 0. The summed E-state index contributed by atoms with van der Waals surface area (Å²) in [6.45, 7) is 8.00. The Morgan fingerprint density at radius 1 is 0.667 bits per heavy atom. The molecule has 18 heavy (non-hydrogen) atoms. The Kier molecular flexibility index (Phi) is 9.10. The zero-order valence-corrected chi connectivity index (χ0v) is 11.8. The summed E-state index contributed by atoms with van der Waals surface area (Å²) in [5.74, 6) is 0. The topological polar surface area (TPSA) is 38.0 Å². The summed E-state index contributed by atoms with van der Waals surface area (Å²) >= 11 is 0. The van der Waals surface area contributed by atoms with Crippen molar-refractivity contribution in [3.8, 4) is 0 Å². The third kappa shape index (κ3) is 5.94. The second kappa shape index (κ2) is 10.2. The third-order valence-corrected chi connectivity index (χ3v) is 1.97. The molecule has 0 aromatic heterocycles. The van der Waals surface area contributed by atoms with Crippen LogP contribution >= 0.6 is 0 Å². The first-order valence-electron chi connectivity index (χ1n) is 6.52. The van der Waals surface area contributed by atoms with Crippen LogP contribution in [0.2, 0.25) is 0 Å². The highest BCUT2D eigenvalue weighted by molar-refractivity contribution is 5.61. The van der Waals surface area contributed by atoms with Gasteiger partial charge in [0.15, 0.2) is 0 Å². The molecule has 2 aromatic carbocycles. The number of para-hydroxylation sites is 1. The van der Waals surface area contributed by atoms with Crippen LogP contribution in [-0.2, 0) is 0 Å². The summed E-state index contributed by atoms with van der Waals surface area (Å²) in [5.41, 5.74) is 8.50. The molecule has 0 aliphatic carbocycles. The molecule has 0 amide bonds. The average molecular weight is 244 g/mol. The predicted molar refractivity (Wildman–Crippen MR) is 83.3 cm³/mol. The van der Waals surface area contributed by atoms with E-state index in [1.807, 2.05) is 82.3 Å². The number of benzene rings is 2. The van der Waals surface area contributed by atoms with Gasteiger partial charge in [-0.1, -0.05) is 45.9 Å². The van der Waals surface area contributed by atoms with Gasteiger partial charge in [0.2, 0.25) is 0 Å². The maximum atomic E-state index is 5.59. The Balaban J connectivity index is 0.000000659. The van der Waals surface area contributed by atoms with Gasteiger partial charge in [-0.25, -0.2) is 0 Å². The standard InChI is InChI=1S/C12H12N2.2C2H6/c13-10-6-8-12(9-7-10)14-11-4-2-1-3-5-11;2*1-2/h1-9,14H,13H2;2*1-2H3. The lowest BCUT2D eigenvalue weighted by Gasteiger charge is -2.05. The monoisotopic (exact) mass is 244 g/mol. The van der Waals surface area contributed by atoms with Crippen molar-refractivity contribution in [3.63, 3.8) is 0 Å². The average Bonchev–Trinajstić information content (AvgIpc) is 2.47. The molecule has 3 N–H and O–H groups in total. The van der Waals surface area contributed by atoms with Gasteiger partial charge >= 0.3 is 0 Å². The highest BCUT2D eigenvalue weighted by Gasteiger charge is 1.92. The van der Waals surface area contributed by atoms with Crippen molar-refractivity contribution in [1.29, 1.82) is 0 Å². The van der Waals surface area contributed by atoms with Crippen molar-refractivity contribution < 1.29 is 0 Å². The molecular weight excluding hydrogens is 220 g/mol. The molecule has 0 radical (unpaired) electrons. The van der Waals surface area contributed by atoms with E-state index in [1.54, 1.807) is 0 Å². The second-order valence-corrected chi connectivity index (χ2v) is 3.11. The van der Waals surface area contributed by atoms with Crippen LogP contribution in [0.15, 0.2) is 54.6 Å². The Morgan fingerprint density at radius 2 is 1.11 bits per heavy atom. The number of nitrogen functional groups attached to an aromatic ring is 1. The fourth-order valence-electron chi connectivity index (χ4n) is 1.25. The van der Waals surface area contributed by atoms with E-state index in [-0.39, 0.29) is 0 Å². The first-order chi connectivity index (χ1) is 8.84. The van der Waals surface area contributed by atoms with Crippen molar-refractivity contribution >= 4 is 17.1 Å². The Hall–Kier alpha value is -1.96. The van der Waals surface area contributed by atoms with Crippen LogP contribution < -0.4 is 11.1 Å². The van der Waals surface area contributed by atoms with Crippen LogP contribution in [0.4, 0.5) is 17.1 Å². The highest BCUT2D eigenvalue weighted by Crippen LogP contribution is 2.16. The summed E-state index contributed by atoms with van der Waals surface area (Å²) in [7, 11) is 0. The number of hydrogen-bond acceptors (Lipinski definition) is 2. The molecule has 0 aliphatic rings. The summed E-state index contributed by atoms with van der Waals surface area (Å²) in [6, 6.07) is 17.7. The fourth-order valence-corrected chi connectivity index (χ4v) is 1.25. The van der Waals surface area contributed by atoms with Gasteiger partial charge in [-0.15, -0.1) is 0 Å². The van der Waals surface area contributed by atoms with Gasteiger partial charge < -0.3 is 11.1 Å². The number of nitrogens with two attached hydrogens (primary N) is 1. The molecule has 0 fully saturated rings. The molecule has 0 unspecified atom stereocenters. The van der Waals surface area contributed by atoms with Crippen LogP contribution in [-0.4, -0.2) is 0 Å². The van der Waals surface area contributed by atoms with Gasteiger partial charge in [0.25, 0.3) is 0 Å². The van der Waals surface area contributed by atoms with Crippen LogP contribution in [0, 0.1) is 0 Å². The van der Waals surface area contributed by atoms with Crippen molar-refractivity contribution in [1.82, 2.24) is 0 Å². The zero-order valence-electron chi connectivity index (χ0n) is 11.8. The maximum Gasteiger partial charge on any atom is 0.0385 e. The molecule has 2 heteroatoms. The van der Waals surface area contributed by atoms with E-state index in [0.717, 1.165) is 17.1 Å². The first kappa shape index (κ1) is 16.0. The van der Waals surface area contributed by atoms with Gasteiger partial charge in [-0.3, -0.25) is 0 Å². The molecule has 0 saturated carbocycles. The SMILES string of the molecule is CC.CC.Nc1ccc(Nc2ccccc2)cc1. The number of anilines is 3. The molecule has 2 aromatic rings. The Morgan fingerprint density at radius 3 is 1.61 bits per heavy atom. The van der Waals surface area contributed by atoms with Gasteiger partial charge in [-0.05, 0) is 36.4 Å². The molecule has 0 spiro atoms. The molecule has 0 atom stereocenters. The minimum atomic E-state index is 0.781. The minimum Gasteiger partial charge on any atom is -0.399 e. The van der Waals surface area contributed by atoms with Crippen LogP contribution in [0.25, 0.3) is 0 Å². The van der Waals surface area contributed by atoms with Crippen molar-refractivity contribution in [2.45, 2.75) is 27.7 Å². The highest BCUT2D eigenvalue weighted by atomic mass is 14.9. The molecular formula is C16H24N2. The van der Waals surface area contributed by atoms with Crippen molar-refractivity contribution in [3.05, 3.63) is 54.6 Å². The quantitative estimate of drug-likeness (QED) is 0.724. The minimum absolute atomic E-state index is 0.781. The zero-order chi connectivity index (χ0) is 13.8. The van der Waals surface area contributed by atoms with E-state index in [2.05, 4.69) is 5.32 Å². The first-order valence-corrected chi connectivity index (χ1v) is 6.52. The van der Waals surface area contributed by atoms with E-state index in [9.17, 15) is 0 Å². The smallest absolute Gasteiger partial charge is 0.0385 e. The Labute approximate surface area is 111 Å². The molecule has 0 bridgehead atoms. The third-order valence-electron chi connectivity index (χ3n) is 1.97. The van der Waals surface area contributed by atoms with E-state index >= 15 is 0 Å². The van der Waals surface area contributed by atoms with Crippen LogP contribution in [0.1, 0.15) is 27.7 Å². The van der Waals surface area contributed by atoms with Gasteiger partial charge in [0.1, 0.15) is 0 Å². The molecule has 2 rings (SSSR count). The number of rotatable bonds is 2. The molecule has 0 heterocycles.